The van der Waals surface area contributed by atoms with Crippen LogP contribution in [0.4, 0.5) is 0 Å². The van der Waals surface area contributed by atoms with Crippen molar-refractivity contribution in [2.45, 2.75) is 26.7 Å². The number of hydrazone groups is 1. The molecule has 0 unspecified atom stereocenters. The predicted octanol–water partition coefficient (Wildman–Crippen LogP) is 4.42. The number of rotatable bonds is 10. The van der Waals surface area contributed by atoms with Gasteiger partial charge < -0.3 is 9.47 Å². The Labute approximate surface area is 176 Å². The lowest BCUT2D eigenvalue weighted by Gasteiger charge is -2.04. The maximum absolute atomic E-state index is 12.3. The maximum Gasteiger partial charge on any atom is 0.289 e. The normalized spacial score (nSPS) is 10.9. The second-order valence-electron chi connectivity index (χ2n) is 6.59. The third kappa shape index (κ3) is 5.94. The fourth-order valence-corrected chi connectivity index (χ4v) is 2.68. The van der Waals surface area contributed by atoms with Crippen molar-refractivity contribution in [3.8, 4) is 22.8 Å². The van der Waals surface area contributed by atoms with Gasteiger partial charge in [-0.3, -0.25) is 9.89 Å². The highest BCUT2D eigenvalue weighted by Gasteiger charge is 2.10. The van der Waals surface area contributed by atoms with Crippen molar-refractivity contribution < 1.29 is 14.3 Å². The summed E-state index contributed by atoms with van der Waals surface area (Å²) in [4.78, 5) is 12.3. The smallest absolute Gasteiger partial charge is 0.289 e. The van der Waals surface area contributed by atoms with E-state index in [-0.39, 0.29) is 5.91 Å². The first-order valence-electron chi connectivity index (χ1n) is 10.0. The topological polar surface area (TPSA) is 88.6 Å². The zero-order chi connectivity index (χ0) is 21.2. The minimum absolute atomic E-state index is 0.329. The minimum Gasteiger partial charge on any atom is -0.494 e. The van der Waals surface area contributed by atoms with E-state index in [0.29, 0.717) is 24.6 Å². The summed E-state index contributed by atoms with van der Waals surface area (Å²) in [5.74, 6) is 1.25. The molecular weight excluding hydrogens is 380 g/mol. The minimum atomic E-state index is -0.365. The third-order valence-corrected chi connectivity index (χ3v) is 4.31. The van der Waals surface area contributed by atoms with Crippen LogP contribution >= 0.6 is 0 Å². The zero-order valence-electron chi connectivity index (χ0n) is 17.2. The SMILES string of the molecule is CCCCOc1ccc(C=NNC(=O)c2cc(-c3ccc(OCC)cc3)n[nH]2)cc1. The van der Waals surface area contributed by atoms with E-state index in [9.17, 15) is 4.79 Å². The van der Waals surface area contributed by atoms with Gasteiger partial charge in [0.05, 0.1) is 25.1 Å². The molecule has 7 heteroatoms. The van der Waals surface area contributed by atoms with E-state index in [1.54, 1.807) is 12.3 Å². The van der Waals surface area contributed by atoms with Crippen LogP contribution in [0.2, 0.25) is 0 Å². The molecule has 1 aromatic heterocycles. The highest BCUT2D eigenvalue weighted by molar-refractivity contribution is 5.94. The molecule has 0 saturated carbocycles. The molecule has 0 aliphatic carbocycles. The van der Waals surface area contributed by atoms with Crippen LogP contribution in [0.1, 0.15) is 42.7 Å². The molecular formula is C23H26N4O3. The Morgan fingerprint density at radius 1 is 1.07 bits per heavy atom. The highest BCUT2D eigenvalue weighted by Crippen LogP contribution is 2.21. The van der Waals surface area contributed by atoms with Crippen molar-refractivity contribution in [2.75, 3.05) is 13.2 Å². The largest absolute Gasteiger partial charge is 0.494 e. The Balaban J connectivity index is 1.53. The monoisotopic (exact) mass is 406 g/mol. The molecule has 2 aromatic carbocycles. The van der Waals surface area contributed by atoms with Crippen LogP contribution in [-0.4, -0.2) is 35.5 Å². The lowest BCUT2D eigenvalue weighted by Crippen LogP contribution is -2.17. The highest BCUT2D eigenvalue weighted by atomic mass is 16.5. The lowest BCUT2D eigenvalue weighted by molar-refractivity contribution is 0.0950. The number of carbonyl (C=O) groups excluding carboxylic acids is 1. The number of nitrogens with one attached hydrogen (secondary N) is 2. The third-order valence-electron chi connectivity index (χ3n) is 4.31. The van der Waals surface area contributed by atoms with Crippen molar-refractivity contribution >= 4 is 12.1 Å². The number of unbranched alkanes of at least 4 members (excludes halogenated alkanes) is 1. The van der Waals surface area contributed by atoms with Gasteiger partial charge in [0.15, 0.2) is 0 Å². The Hall–Kier alpha value is -3.61. The van der Waals surface area contributed by atoms with Crippen LogP contribution in [0, 0.1) is 0 Å². The summed E-state index contributed by atoms with van der Waals surface area (Å²) in [5.41, 5.74) is 5.25. The number of nitrogens with zero attached hydrogens (tertiary/aromatic N) is 2. The summed E-state index contributed by atoms with van der Waals surface area (Å²) in [6, 6.07) is 16.8. The molecule has 0 spiro atoms. The molecule has 0 aliphatic heterocycles. The van der Waals surface area contributed by atoms with Crippen molar-refractivity contribution in [1.29, 1.82) is 0 Å². The van der Waals surface area contributed by atoms with Gasteiger partial charge in [0, 0.05) is 5.56 Å². The standard InChI is InChI=1S/C23H26N4O3/c1-3-5-14-30-20-10-6-17(7-11-20)16-24-27-23(28)22-15-21(25-26-22)18-8-12-19(13-9-18)29-4-2/h6-13,15-16H,3-5,14H2,1-2H3,(H,25,26)(H,27,28). The first-order valence-corrected chi connectivity index (χ1v) is 10.0. The summed E-state index contributed by atoms with van der Waals surface area (Å²) in [7, 11) is 0. The maximum atomic E-state index is 12.3. The summed E-state index contributed by atoms with van der Waals surface area (Å²) < 4.78 is 11.1. The van der Waals surface area contributed by atoms with E-state index in [1.165, 1.54) is 0 Å². The number of carbonyl (C=O) groups is 1. The first-order chi connectivity index (χ1) is 14.7. The van der Waals surface area contributed by atoms with Crippen molar-refractivity contribution in [2.24, 2.45) is 5.10 Å². The van der Waals surface area contributed by atoms with Gasteiger partial charge in [0.2, 0.25) is 0 Å². The van der Waals surface area contributed by atoms with E-state index in [2.05, 4.69) is 27.6 Å². The summed E-state index contributed by atoms with van der Waals surface area (Å²) >= 11 is 0. The fourth-order valence-electron chi connectivity index (χ4n) is 2.68. The van der Waals surface area contributed by atoms with Crippen molar-refractivity contribution in [3.05, 3.63) is 65.9 Å². The van der Waals surface area contributed by atoms with Gasteiger partial charge in [-0.2, -0.15) is 10.2 Å². The molecule has 7 nitrogen and oxygen atoms in total. The average molecular weight is 406 g/mol. The van der Waals surface area contributed by atoms with E-state index in [0.717, 1.165) is 35.5 Å². The number of aromatic amines is 1. The zero-order valence-corrected chi connectivity index (χ0v) is 17.2. The van der Waals surface area contributed by atoms with Gasteiger partial charge in [-0.15, -0.1) is 0 Å². The Morgan fingerprint density at radius 3 is 2.47 bits per heavy atom. The van der Waals surface area contributed by atoms with E-state index < -0.39 is 0 Å². The van der Waals surface area contributed by atoms with Gasteiger partial charge in [-0.1, -0.05) is 13.3 Å². The van der Waals surface area contributed by atoms with Gasteiger partial charge >= 0.3 is 0 Å². The molecule has 0 aliphatic rings. The number of hydrogen-bond donors (Lipinski definition) is 2. The Kier molecular flexibility index (Phi) is 7.60. The molecule has 0 saturated heterocycles. The van der Waals surface area contributed by atoms with Crippen LogP contribution in [-0.2, 0) is 0 Å². The molecule has 1 heterocycles. The molecule has 0 atom stereocenters. The number of H-pyrrole nitrogens is 1. The van der Waals surface area contributed by atoms with Gasteiger partial charge in [-0.05, 0) is 73.5 Å². The number of ether oxygens (including phenoxy) is 2. The molecule has 0 bridgehead atoms. The van der Waals surface area contributed by atoms with Crippen LogP contribution in [0.3, 0.4) is 0 Å². The van der Waals surface area contributed by atoms with Gasteiger partial charge in [-0.25, -0.2) is 5.43 Å². The predicted molar refractivity (Wildman–Crippen MR) is 117 cm³/mol. The first kappa shape index (κ1) is 21.1. The number of amides is 1. The molecule has 3 aromatic rings. The van der Waals surface area contributed by atoms with E-state index >= 15 is 0 Å². The van der Waals surface area contributed by atoms with E-state index in [4.69, 9.17) is 9.47 Å². The Bertz CT molecular complexity index is 963. The van der Waals surface area contributed by atoms with Crippen LogP contribution in [0.15, 0.2) is 59.7 Å². The fraction of sp³-hybridized carbons (Fsp3) is 0.261. The van der Waals surface area contributed by atoms with Crippen LogP contribution in [0.25, 0.3) is 11.3 Å². The number of hydrogen-bond acceptors (Lipinski definition) is 5. The molecule has 156 valence electrons. The average Bonchev–Trinajstić information content (AvgIpc) is 3.26. The number of benzene rings is 2. The van der Waals surface area contributed by atoms with Crippen molar-refractivity contribution in [1.82, 2.24) is 15.6 Å². The molecule has 30 heavy (non-hydrogen) atoms. The molecule has 3 rings (SSSR count). The van der Waals surface area contributed by atoms with Crippen molar-refractivity contribution in [3.63, 3.8) is 0 Å². The van der Waals surface area contributed by atoms with E-state index in [1.807, 2.05) is 55.5 Å². The Morgan fingerprint density at radius 2 is 1.77 bits per heavy atom. The lowest BCUT2D eigenvalue weighted by atomic mass is 10.1. The summed E-state index contributed by atoms with van der Waals surface area (Å²) in [6.45, 7) is 5.39. The summed E-state index contributed by atoms with van der Waals surface area (Å²) in [5, 5.41) is 10.9. The second kappa shape index (κ2) is 10.8. The quantitative estimate of drug-likeness (QED) is 0.296. The molecule has 0 radical (unpaired) electrons. The molecule has 1 amide bonds. The van der Waals surface area contributed by atoms with Gasteiger partial charge in [0.25, 0.3) is 5.91 Å². The van der Waals surface area contributed by atoms with Crippen LogP contribution in [0.5, 0.6) is 11.5 Å². The summed E-state index contributed by atoms with van der Waals surface area (Å²) in [6.07, 6.45) is 3.71. The van der Waals surface area contributed by atoms with Crippen LogP contribution < -0.4 is 14.9 Å². The molecule has 0 fully saturated rings. The molecule has 2 N–H and O–H groups in total. The second-order valence-corrected chi connectivity index (χ2v) is 6.59. The number of aromatic nitrogens is 2. The van der Waals surface area contributed by atoms with Gasteiger partial charge in [0.1, 0.15) is 17.2 Å².